The molecule has 2 aliphatic heterocycles. The van der Waals surface area contributed by atoms with Gasteiger partial charge in [-0.25, -0.2) is 17.2 Å². The minimum absolute atomic E-state index is 0.0956. The lowest BCUT2D eigenvalue weighted by molar-refractivity contribution is 0.102. The maximum atomic E-state index is 13.7. The number of likely N-dealkylation sites (N-methyl/N-ethyl adjacent to an activating group) is 1. The Kier molecular flexibility index (Phi) is 7.70. The van der Waals surface area contributed by atoms with Crippen LogP contribution in [0, 0.1) is 18.6 Å². The molecule has 208 valence electrons. The van der Waals surface area contributed by atoms with Crippen LogP contribution in [0.1, 0.15) is 40.0 Å². The zero-order valence-electron chi connectivity index (χ0n) is 22.0. The number of carbonyl (C=O) groups is 1. The molecule has 12 heteroatoms. The predicted octanol–water partition coefficient (Wildman–Crippen LogP) is 3.53. The van der Waals surface area contributed by atoms with Gasteiger partial charge in [-0.3, -0.25) is 9.89 Å². The Bertz CT molecular complexity index is 1470. The number of hydrogen-bond acceptors (Lipinski definition) is 6. The van der Waals surface area contributed by atoms with Crippen molar-refractivity contribution in [1.29, 1.82) is 0 Å². The highest BCUT2D eigenvalue weighted by Gasteiger charge is 2.32. The lowest BCUT2D eigenvalue weighted by atomic mass is 10.1. The van der Waals surface area contributed by atoms with Gasteiger partial charge in [-0.05, 0) is 68.8 Å². The number of nitrogens with one attached hydrogen (secondary N) is 2. The van der Waals surface area contributed by atoms with Crippen LogP contribution < -0.4 is 10.2 Å². The van der Waals surface area contributed by atoms with Gasteiger partial charge in [-0.15, -0.1) is 0 Å². The molecule has 0 bridgehead atoms. The zero-order chi connectivity index (χ0) is 27.7. The number of aromatic nitrogens is 2. The summed E-state index contributed by atoms with van der Waals surface area (Å²) in [7, 11) is -2.12. The Labute approximate surface area is 226 Å². The van der Waals surface area contributed by atoms with Gasteiger partial charge < -0.3 is 15.1 Å². The summed E-state index contributed by atoms with van der Waals surface area (Å²) in [5.74, 6) is -2.07. The smallest absolute Gasteiger partial charge is 0.257 e. The number of aromatic amines is 1. The SMILES string of the molecule is Cc1cc(N(C)CCN2CCCC2)ccc1C(=O)Nc1n[nH]c2c1CN(S(=O)(=O)c1cc(F)cc(F)c1)CC2. The van der Waals surface area contributed by atoms with E-state index in [2.05, 4.69) is 25.3 Å². The number of halogens is 2. The molecule has 2 aliphatic rings. The molecule has 0 unspecified atom stereocenters. The summed E-state index contributed by atoms with van der Waals surface area (Å²) in [5, 5.41) is 9.88. The van der Waals surface area contributed by atoms with Crippen molar-refractivity contribution in [2.24, 2.45) is 0 Å². The van der Waals surface area contributed by atoms with E-state index in [9.17, 15) is 22.0 Å². The average molecular weight is 559 g/mol. The number of sulfonamides is 1. The number of hydrogen-bond donors (Lipinski definition) is 2. The number of amides is 1. The van der Waals surface area contributed by atoms with Crippen LogP contribution in [0.4, 0.5) is 20.3 Å². The van der Waals surface area contributed by atoms with Crippen molar-refractivity contribution in [3.63, 3.8) is 0 Å². The normalized spacial score (nSPS) is 16.3. The van der Waals surface area contributed by atoms with Crippen LogP contribution in [0.15, 0.2) is 41.3 Å². The van der Waals surface area contributed by atoms with Crippen LogP contribution in [0.25, 0.3) is 0 Å². The summed E-state index contributed by atoms with van der Waals surface area (Å²) in [6.07, 6.45) is 2.83. The number of benzene rings is 2. The van der Waals surface area contributed by atoms with Crippen molar-refractivity contribution in [2.75, 3.05) is 50.0 Å². The van der Waals surface area contributed by atoms with Gasteiger partial charge >= 0.3 is 0 Å². The molecule has 39 heavy (non-hydrogen) atoms. The third kappa shape index (κ3) is 5.82. The first-order valence-electron chi connectivity index (χ1n) is 13.0. The fraction of sp³-hybridized carbons (Fsp3) is 0.407. The number of anilines is 2. The van der Waals surface area contributed by atoms with Crippen LogP contribution in [0.2, 0.25) is 0 Å². The molecule has 2 N–H and O–H groups in total. The van der Waals surface area contributed by atoms with E-state index in [1.165, 1.54) is 12.8 Å². The summed E-state index contributed by atoms with van der Waals surface area (Å²) in [6, 6.07) is 7.88. The minimum atomic E-state index is -4.16. The average Bonchev–Trinajstić information content (AvgIpc) is 3.56. The second-order valence-electron chi connectivity index (χ2n) is 10.1. The van der Waals surface area contributed by atoms with E-state index in [1.807, 2.05) is 26.1 Å². The van der Waals surface area contributed by atoms with E-state index in [0.29, 0.717) is 29.3 Å². The molecule has 0 saturated carbocycles. The van der Waals surface area contributed by atoms with Crippen LogP contribution in [0.5, 0.6) is 0 Å². The number of H-pyrrole nitrogens is 1. The Morgan fingerprint density at radius 3 is 2.51 bits per heavy atom. The second kappa shape index (κ2) is 11.0. The maximum absolute atomic E-state index is 13.7. The van der Waals surface area contributed by atoms with E-state index in [1.54, 1.807) is 6.07 Å². The predicted molar refractivity (Wildman–Crippen MR) is 144 cm³/mol. The van der Waals surface area contributed by atoms with Crippen molar-refractivity contribution in [1.82, 2.24) is 19.4 Å². The molecule has 9 nitrogen and oxygen atoms in total. The third-order valence-electron chi connectivity index (χ3n) is 7.45. The molecule has 1 saturated heterocycles. The van der Waals surface area contributed by atoms with Crippen LogP contribution in [0.3, 0.4) is 0 Å². The van der Waals surface area contributed by atoms with Crippen LogP contribution >= 0.6 is 0 Å². The Morgan fingerprint density at radius 2 is 1.82 bits per heavy atom. The molecule has 0 atom stereocenters. The van der Waals surface area contributed by atoms with E-state index in [-0.39, 0.29) is 24.8 Å². The monoisotopic (exact) mass is 558 g/mol. The summed E-state index contributed by atoms with van der Waals surface area (Å²) >= 11 is 0. The number of carbonyl (C=O) groups excluding carboxylic acids is 1. The van der Waals surface area contributed by atoms with Crippen molar-refractivity contribution in [2.45, 2.75) is 37.6 Å². The zero-order valence-corrected chi connectivity index (χ0v) is 22.8. The van der Waals surface area contributed by atoms with Crippen molar-refractivity contribution < 1.29 is 22.0 Å². The molecule has 0 spiro atoms. The van der Waals surface area contributed by atoms with E-state index in [0.717, 1.165) is 53.9 Å². The first-order valence-corrected chi connectivity index (χ1v) is 14.4. The van der Waals surface area contributed by atoms with Crippen LogP contribution in [-0.4, -0.2) is 73.5 Å². The van der Waals surface area contributed by atoms with Gasteiger partial charge in [-0.1, -0.05) is 0 Å². The van der Waals surface area contributed by atoms with Gasteiger partial charge in [-0.2, -0.15) is 9.40 Å². The van der Waals surface area contributed by atoms with Gasteiger partial charge in [0.2, 0.25) is 10.0 Å². The van der Waals surface area contributed by atoms with Gasteiger partial charge in [0.25, 0.3) is 5.91 Å². The lowest BCUT2D eigenvalue weighted by Crippen LogP contribution is -2.36. The van der Waals surface area contributed by atoms with E-state index < -0.39 is 26.6 Å². The number of rotatable bonds is 8. The molecule has 2 aromatic carbocycles. The fourth-order valence-corrected chi connectivity index (χ4v) is 6.60. The molecule has 3 aromatic rings. The summed E-state index contributed by atoms with van der Waals surface area (Å²) < 4.78 is 54.7. The molecule has 1 fully saturated rings. The fourth-order valence-electron chi connectivity index (χ4n) is 5.15. The molecular formula is C27H32F2N6O3S. The minimum Gasteiger partial charge on any atom is -0.373 e. The molecule has 1 aromatic heterocycles. The van der Waals surface area contributed by atoms with Crippen LogP contribution in [-0.2, 0) is 23.0 Å². The topological polar surface area (TPSA) is 102 Å². The molecule has 5 rings (SSSR count). The lowest BCUT2D eigenvalue weighted by Gasteiger charge is -2.26. The maximum Gasteiger partial charge on any atom is 0.257 e. The molecule has 3 heterocycles. The molecule has 0 radical (unpaired) electrons. The Hall–Kier alpha value is -3.35. The van der Waals surface area contributed by atoms with Gasteiger partial charge in [0.15, 0.2) is 5.82 Å². The van der Waals surface area contributed by atoms with Gasteiger partial charge in [0.05, 0.1) is 4.90 Å². The summed E-state index contributed by atoms with van der Waals surface area (Å²) in [6.45, 7) is 6.08. The quantitative estimate of drug-likeness (QED) is 0.439. The summed E-state index contributed by atoms with van der Waals surface area (Å²) in [5.41, 5.74) is 3.54. The first kappa shape index (κ1) is 27.2. The van der Waals surface area contributed by atoms with Crippen molar-refractivity contribution >= 4 is 27.4 Å². The van der Waals surface area contributed by atoms with E-state index >= 15 is 0 Å². The van der Waals surface area contributed by atoms with E-state index in [4.69, 9.17) is 0 Å². The van der Waals surface area contributed by atoms with Gasteiger partial charge in [0, 0.05) is 68.2 Å². The molecule has 0 aliphatic carbocycles. The third-order valence-corrected chi connectivity index (χ3v) is 9.27. The number of likely N-dealkylation sites (tertiary alicyclic amines) is 1. The number of fused-ring (bicyclic) bond motifs is 1. The highest BCUT2D eigenvalue weighted by molar-refractivity contribution is 7.89. The first-order chi connectivity index (χ1) is 18.6. The summed E-state index contributed by atoms with van der Waals surface area (Å²) in [4.78, 5) is 17.3. The highest BCUT2D eigenvalue weighted by atomic mass is 32.2. The highest BCUT2D eigenvalue weighted by Crippen LogP contribution is 2.29. The van der Waals surface area contributed by atoms with Gasteiger partial charge in [0.1, 0.15) is 11.6 Å². The standard InChI is InChI=1S/C27H32F2N6O3S/c1-18-13-21(33(2)11-12-34-8-3-4-9-34)5-6-23(18)27(36)30-26-24-17-35(10-7-25(24)31-32-26)39(37,38)22-15-19(28)14-20(29)16-22/h5-6,13-16H,3-4,7-12,17H2,1-2H3,(H2,30,31,32,36). The largest absolute Gasteiger partial charge is 0.373 e. The Morgan fingerprint density at radius 1 is 1.10 bits per heavy atom. The molecule has 1 amide bonds. The number of aryl methyl sites for hydroxylation is 1. The number of nitrogens with zero attached hydrogens (tertiary/aromatic N) is 4. The Balaban J connectivity index is 1.28. The van der Waals surface area contributed by atoms with Crippen molar-refractivity contribution in [3.8, 4) is 0 Å². The van der Waals surface area contributed by atoms with Crippen molar-refractivity contribution in [3.05, 3.63) is 70.4 Å². The molecular weight excluding hydrogens is 526 g/mol. The second-order valence-corrected chi connectivity index (χ2v) is 12.1.